The maximum absolute atomic E-state index is 12.3. The number of ether oxygens (including phenoxy) is 2. The Balaban J connectivity index is 2.26. The van der Waals surface area contributed by atoms with E-state index in [4.69, 9.17) is 4.74 Å². The first kappa shape index (κ1) is 17.9. The number of halogens is 3. The van der Waals surface area contributed by atoms with Gasteiger partial charge in [-0.25, -0.2) is 8.42 Å². The first-order valence-corrected chi connectivity index (χ1v) is 8.12. The van der Waals surface area contributed by atoms with E-state index in [1.54, 1.807) is 25.1 Å². The fourth-order valence-corrected chi connectivity index (χ4v) is 2.99. The monoisotopic (exact) mass is 361 g/mol. The van der Waals surface area contributed by atoms with Gasteiger partial charge in [0.05, 0.1) is 17.7 Å². The highest BCUT2D eigenvalue weighted by Gasteiger charge is 2.31. The fourth-order valence-electron chi connectivity index (χ4n) is 1.93. The topological polar surface area (TPSA) is 64.6 Å². The molecule has 2 rings (SSSR count). The van der Waals surface area contributed by atoms with Gasteiger partial charge in [-0.15, -0.1) is 13.2 Å². The number of sulfonamides is 1. The van der Waals surface area contributed by atoms with Gasteiger partial charge in [-0.2, -0.15) is 0 Å². The van der Waals surface area contributed by atoms with Crippen molar-refractivity contribution in [2.45, 2.75) is 18.2 Å². The van der Waals surface area contributed by atoms with E-state index in [1.165, 1.54) is 7.11 Å². The number of nitrogens with one attached hydrogen (secondary N) is 1. The van der Waals surface area contributed by atoms with E-state index < -0.39 is 22.1 Å². The van der Waals surface area contributed by atoms with Gasteiger partial charge in [0, 0.05) is 0 Å². The molecule has 0 atom stereocenters. The molecule has 0 saturated heterocycles. The molecule has 0 aliphatic heterocycles. The summed E-state index contributed by atoms with van der Waals surface area (Å²) in [6.07, 6.45) is -4.84. The van der Waals surface area contributed by atoms with Crippen LogP contribution in [0.5, 0.6) is 11.5 Å². The molecule has 130 valence electrons. The van der Waals surface area contributed by atoms with Gasteiger partial charge in [0.25, 0.3) is 10.0 Å². The predicted octanol–water partition coefficient (Wildman–Crippen LogP) is 3.70. The minimum Gasteiger partial charge on any atom is -0.495 e. The number of alkyl halides is 3. The van der Waals surface area contributed by atoms with Gasteiger partial charge < -0.3 is 9.47 Å². The van der Waals surface area contributed by atoms with Crippen LogP contribution in [0.15, 0.2) is 47.4 Å². The number of hydrogen-bond donors (Lipinski definition) is 1. The van der Waals surface area contributed by atoms with Crippen molar-refractivity contribution in [1.29, 1.82) is 0 Å². The van der Waals surface area contributed by atoms with Crippen molar-refractivity contribution in [3.63, 3.8) is 0 Å². The molecule has 5 nitrogen and oxygen atoms in total. The summed E-state index contributed by atoms with van der Waals surface area (Å²) in [5.74, 6) is -0.184. The Morgan fingerprint density at radius 3 is 2.21 bits per heavy atom. The van der Waals surface area contributed by atoms with Crippen LogP contribution in [0.4, 0.5) is 18.9 Å². The molecule has 0 radical (unpaired) electrons. The first-order chi connectivity index (χ1) is 11.1. The zero-order valence-corrected chi connectivity index (χ0v) is 13.5. The van der Waals surface area contributed by atoms with Crippen LogP contribution in [-0.2, 0) is 10.0 Å². The largest absolute Gasteiger partial charge is 0.573 e. The highest BCUT2D eigenvalue weighted by molar-refractivity contribution is 7.92. The summed E-state index contributed by atoms with van der Waals surface area (Å²) in [6.45, 7) is 1.78. The van der Waals surface area contributed by atoms with Crippen LogP contribution in [0.1, 0.15) is 5.56 Å². The molecule has 9 heteroatoms. The predicted molar refractivity (Wildman–Crippen MR) is 81.7 cm³/mol. The van der Waals surface area contributed by atoms with Gasteiger partial charge in [0.15, 0.2) is 0 Å². The summed E-state index contributed by atoms with van der Waals surface area (Å²) in [6, 6.07) is 8.83. The molecule has 0 heterocycles. The minimum absolute atomic E-state index is 0.208. The molecule has 0 amide bonds. The lowest BCUT2D eigenvalue weighted by molar-refractivity contribution is -0.274. The third-order valence-electron chi connectivity index (χ3n) is 2.97. The van der Waals surface area contributed by atoms with Crippen molar-refractivity contribution in [2.75, 3.05) is 11.8 Å². The number of hydrogen-bond acceptors (Lipinski definition) is 4. The molecular weight excluding hydrogens is 347 g/mol. The second kappa shape index (κ2) is 6.60. The first-order valence-electron chi connectivity index (χ1n) is 6.64. The zero-order chi connectivity index (χ0) is 18.0. The van der Waals surface area contributed by atoms with E-state index in [0.29, 0.717) is 5.75 Å². The summed E-state index contributed by atoms with van der Waals surface area (Å²) in [4.78, 5) is -0.208. The number of methoxy groups -OCH3 is 1. The molecule has 0 saturated carbocycles. The molecule has 2 aromatic carbocycles. The van der Waals surface area contributed by atoms with Crippen LogP contribution in [0.3, 0.4) is 0 Å². The third-order valence-corrected chi connectivity index (χ3v) is 4.35. The number of anilines is 1. The quantitative estimate of drug-likeness (QED) is 0.882. The van der Waals surface area contributed by atoms with Gasteiger partial charge in [0.2, 0.25) is 0 Å². The fraction of sp³-hybridized carbons (Fsp3) is 0.200. The number of benzene rings is 2. The second-order valence-electron chi connectivity index (χ2n) is 4.83. The minimum atomic E-state index is -4.84. The number of aryl methyl sites for hydroxylation is 1. The maximum Gasteiger partial charge on any atom is 0.573 e. The van der Waals surface area contributed by atoms with Gasteiger partial charge >= 0.3 is 6.36 Å². The van der Waals surface area contributed by atoms with E-state index in [9.17, 15) is 21.6 Å². The molecule has 0 unspecified atom stereocenters. The Kier molecular flexibility index (Phi) is 4.93. The van der Waals surface area contributed by atoms with Crippen LogP contribution in [-0.4, -0.2) is 21.9 Å². The van der Waals surface area contributed by atoms with Gasteiger partial charge in [0.1, 0.15) is 11.5 Å². The zero-order valence-electron chi connectivity index (χ0n) is 12.7. The molecule has 0 aliphatic carbocycles. The Bertz CT molecular complexity index is 818. The average molecular weight is 361 g/mol. The van der Waals surface area contributed by atoms with E-state index in [1.807, 2.05) is 0 Å². The smallest absolute Gasteiger partial charge is 0.495 e. The Hall–Kier alpha value is -2.42. The molecular formula is C15H14F3NO4S. The average Bonchev–Trinajstić information content (AvgIpc) is 2.46. The molecule has 2 aromatic rings. The Morgan fingerprint density at radius 1 is 1.04 bits per heavy atom. The van der Waals surface area contributed by atoms with Gasteiger partial charge in [-0.3, -0.25) is 4.72 Å². The lowest BCUT2D eigenvalue weighted by Crippen LogP contribution is -2.17. The summed E-state index contributed by atoms with van der Waals surface area (Å²) >= 11 is 0. The van der Waals surface area contributed by atoms with Gasteiger partial charge in [-0.05, 0) is 48.9 Å². The third kappa shape index (κ3) is 4.54. The summed E-state index contributed by atoms with van der Waals surface area (Å²) in [5, 5.41) is 0. The summed E-state index contributed by atoms with van der Waals surface area (Å²) in [5.41, 5.74) is 1.04. The molecule has 1 N–H and O–H groups in total. The van der Waals surface area contributed by atoms with Crippen molar-refractivity contribution in [1.82, 2.24) is 0 Å². The normalized spacial score (nSPS) is 11.9. The van der Waals surface area contributed by atoms with Gasteiger partial charge in [-0.1, -0.05) is 6.07 Å². The molecule has 0 bridgehead atoms. The van der Waals surface area contributed by atoms with E-state index in [2.05, 4.69) is 9.46 Å². The second-order valence-corrected chi connectivity index (χ2v) is 6.51. The lowest BCUT2D eigenvalue weighted by Gasteiger charge is -2.13. The van der Waals surface area contributed by atoms with Crippen molar-refractivity contribution < 1.29 is 31.1 Å². The van der Waals surface area contributed by atoms with Crippen molar-refractivity contribution in [2.24, 2.45) is 0 Å². The lowest BCUT2D eigenvalue weighted by atomic mass is 10.2. The van der Waals surface area contributed by atoms with Crippen LogP contribution >= 0.6 is 0 Å². The highest BCUT2D eigenvalue weighted by Crippen LogP contribution is 2.29. The van der Waals surface area contributed by atoms with E-state index >= 15 is 0 Å². The van der Waals surface area contributed by atoms with Crippen LogP contribution < -0.4 is 14.2 Å². The van der Waals surface area contributed by atoms with E-state index in [0.717, 1.165) is 29.8 Å². The van der Waals surface area contributed by atoms with Crippen LogP contribution in [0.25, 0.3) is 0 Å². The van der Waals surface area contributed by atoms with Crippen LogP contribution in [0, 0.1) is 6.92 Å². The standard InChI is InChI=1S/C15H14F3NO4S/c1-10-3-8-14(22-2)13(9-10)19-24(20,21)12-6-4-11(5-7-12)23-15(16,17)18/h3-9,19H,1-2H3. The van der Waals surface area contributed by atoms with Crippen molar-refractivity contribution in [3.05, 3.63) is 48.0 Å². The molecule has 0 aliphatic rings. The summed E-state index contributed by atoms with van der Waals surface area (Å²) in [7, 11) is -2.60. The SMILES string of the molecule is COc1ccc(C)cc1NS(=O)(=O)c1ccc(OC(F)(F)F)cc1. The Morgan fingerprint density at radius 2 is 1.67 bits per heavy atom. The molecule has 0 fully saturated rings. The van der Waals surface area contributed by atoms with Crippen LogP contribution in [0.2, 0.25) is 0 Å². The van der Waals surface area contributed by atoms with Crippen molar-refractivity contribution >= 4 is 15.7 Å². The van der Waals surface area contributed by atoms with E-state index in [-0.39, 0.29) is 10.6 Å². The number of rotatable bonds is 5. The molecule has 24 heavy (non-hydrogen) atoms. The maximum atomic E-state index is 12.3. The van der Waals surface area contributed by atoms with Crippen molar-refractivity contribution in [3.8, 4) is 11.5 Å². The summed E-state index contributed by atoms with van der Waals surface area (Å²) < 4.78 is 72.2. The highest BCUT2D eigenvalue weighted by atomic mass is 32.2. The molecule has 0 aromatic heterocycles. The Labute approximate surface area is 137 Å². The molecule has 0 spiro atoms.